The van der Waals surface area contributed by atoms with Crippen molar-refractivity contribution in [3.63, 3.8) is 0 Å². The number of hydrogen-bond acceptors (Lipinski definition) is 2. The van der Waals surface area contributed by atoms with Gasteiger partial charge < -0.3 is 0 Å². The molecule has 3 atom stereocenters. The van der Waals surface area contributed by atoms with Crippen LogP contribution in [0.5, 0.6) is 0 Å². The van der Waals surface area contributed by atoms with Crippen molar-refractivity contribution in [2.75, 3.05) is 12.3 Å². The summed E-state index contributed by atoms with van der Waals surface area (Å²) in [6, 6.07) is 1.61. The molecule has 0 aromatic rings. The molecule has 0 N–H and O–H groups in total. The van der Waals surface area contributed by atoms with E-state index >= 15 is 0 Å². The van der Waals surface area contributed by atoms with Gasteiger partial charge in [0.15, 0.2) is 0 Å². The van der Waals surface area contributed by atoms with E-state index in [0.717, 1.165) is 17.3 Å². The van der Waals surface area contributed by atoms with Crippen LogP contribution in [-0.4, -0.2) is 34.5 Å². The summed E-state index contributed by atoms with van der Waals surface area (Å²) in [6.07, 6.45) is 8.32. The SMILES string of the molecule is CCCCCCC(C)N1CCSC(C)C1CC. The Morgan fingerprint density at radius 1 is 1.24 bits per heavy atom. The molecule has 0 spiro atoms. The minimum Gasteiger partial charge on any atom is -0.296 e. The highest BCUT2D eigenvalue weighted by molar-refractivity contribution is 8.00. The molecular weight excluding hydrogens is 226 g/mol. The molecule has 1 rings (SSSR count). The van der Waals surface area contributed by atoms with Crippen LogP contribution in [0.3, 0.4) is 0 Å². The van der Waals surface area contributed by atoms with Crippen molar-refractivity contribution >= 4 is 11.8 Å². The summed E-state index contributed by atoms with van der Waals surface area (Å²) in [7, 11) is 0. The Balaban J connectivity index is 2.34. The van der Waals surface area contributed by atoms with E-state index in [1.54, 1.807) is 0 Å². The molecule has 1 heterocycles. The van der Waals surface area contributed by atoms with Gasteiger partial charge >= 0.3 is 0 Å². The zero-order valence-electron chi connectivity index (χ0n) is 12.2. The molecule has 1 fully saturated rings. The zero-order chi connectivity index (χ0) is 12.7. The molecule has 1 nitrogen and oxygen atoms in total. The van der Waals surface area contributed by atoms with E-state index in [9.17, 15) is 0 Å². The lowest BCUT2D eigenvalue weighted by molar-refractivity contribution is 0.133. The van der Waals surface area contributed by atoms with Crippen LogP contribution in [0.1, 0.15) is 66.2 Å². The maximum atomic E-state index is 2.78. The summed E-state index contributed by atoms with van der Waals surface area (Å²) in [5.41, 5.74) is 0. The molecular formula is C15H31NS. The maximum Gasteiger partial charge on any atom is 0.0212 e. The predicted octanol–water partition coefficient (Wildman–Crippen LogP) is 4.56. The van der Waals surface area contributed by atoms with Crippen molar-refractivity contribution in [3.05, 3.63) is 0 Å². The van der Waals surface area contributed by atoms with E-state index in [0.29, 0.717) is 0 Å². The van der Waals surface area contributed by atoms with E-state index in [1.165, 1.54) is 50.8 Å². The van der Waals surface area contributed by atoms with Gasteiger partial charge in [-0.25, -0.2) is 0 Å². The first-order valence-corrected chi connectivity index (χ1v) is 8.62. The van der Waals surface area contributed by atoms with Gasteiger partial charge in [0.1, 0.15) is 0 Å². The summed E-state index contributed by atoms with van der Waals surface area (Å²) >= 11 is 2.16. The monoisotopic (exact) mass is 257 g/mol. The summed E-state index contributed by atoms with van der Waals surface area (Å²) in [5, 5.41) is 0.826. The molecule has 0 aromatic carbocycles. The maximum absolute atomic E-state index is 2.78. The van der Waals surface area contributed by atoms with E-state index in [2.05, 4.69) is 44.4 Å². The Labute approximate surface area is 113 Å². The van der Waals surface area contributed by atoms with Gasteiger partial charge in [0.25, 0.3) is 0 Å². The second-order valence-electron chi connectivity index (χ2n) is 5.49. The summed E-state index contributed by atoms with van der Waals surface area (Å²) < 4.78 is 0. The molecule has 2 heteroatoms. The molecule has 0 aromatic heterocycles. The van der Waals surface area contributed by atoms with E-state index in [-0.39, 0.29) is 0 Å². The van der Waals surface area contributed by atoms with Crippen LogP contribution in [-0.2, 0) is 0 Å². The molecule has 0 bridgehead atoms. The Hall–Kier alpha value is 0.310. The van der Waals surface area contributed by atoms with Crippen molar-refractivity contribution in [3.8, 4) is 0 Å². The van der Waals surface area contributed by atoms with Crippen molar-refractivity contribution in [2.45, 2.75) is 83.6 Å². The highest BCUT2D eigenvalue weighted by Gasteiger charge is 2.30. The fourth-order valence-electron chi connectivity index (χ4n) is 3.04. The van der Waals surface area contributed by atoms with Gasteiger partial charge in [0.05, 0.1) is 0 Å². The third kappa shape index (κ3) is 4.82. The molecule has 17 heavy (non-hydrogen) atoms. The standard InChI is InChI=1S/C15H31NS/c1-5-7-8-9-10-13(3)16-11-12-17-14(4)15(16)6-2/h13-15H,5-12H2,1-4H3. The van der Waals surface area contributed by atoms with Gasteiger partial charge in [-0.1, -0.05) is 46.5 Å². The van der Waals surface area contributed by atoms with Crippen LogP contribution in [0.15, 0.2) is 0 Å². The number of thioether (sulfide) groups is 1. The van der Waals surface area contributed by atoms with Crippen LogP contribution in [0.2, 0.25) is 0 Å². The second-order valence-corrected chi connectivity index (χ2v) is 6.97. The summed E-state index contributed by atoms with van der Waals surface area (Å²) in [4.78, 5) is 2.78. The van der Waals surface area contributed by atoms with E-state index in [4.69, 9.17) is 0 Å². The van der Waals surface area contributed by atoms with Gasteiger partial charge in [0.2, 0.25) is 0 Å². The molecule has 1 aliphatic rings. The number of hydrogen-bond donors (Lipinski definition) is 0. The van der Waals surface area contributed by atoms with Crippen LogP contribution in [0.25, 0.3) is 0 Å². The van der Waals surface area contributed by atoms with Gasteiger partial charge in [-0.15, -0.1) is 0 Å². The molecule has 0 amide bonds. The van der Waals surface area contributed by atoms with E-state index < -0.39 is 0 Å². The summed E-state index contributed by atoms with van der Waals surface area (Å²) in [6.45, 7) is 10.8. The zero-order valence-corrected chi connectivity index (χ0v) is 13.1. The average Bonchev–Trinajstić information content (AvgIpc) is 2.34. The Morgan fingerprint density at radius 3 is 2.65 bits per heavy atom. The second kappa shape index (κ2) is 8.42. The first kappa shape index (κ1) is 15.4. The Bertz CT molecular complexity index is 195. The first-order valence-electron chi connectivity index (χ1n) is 7.58. The minimum atomic E-state index is 0.792. The molecule has 0 radical (unpaired) electrons. The van der Waals surface area contributed by atoms with Gasteiger partial charge in [-0.2, -0.15) is 11.8 Å². The predicted molar refractivity (Wildman–Crippen MR) is 80.9 cm³/mol. The average molecular weight is 257 g/mol. The molecule has 102 valence electrons. The van der Waals surface area contributed by atoms with Gasteiger partial charge in [-0.3, -0.25) is 4.90 Å². The number of nitrogens with zero attached hydrogens (tertiary/aromatic N) is 1. The van der Waals surface area contributed by atoms with Crippen molar-refractivity contribution in [1.82, 2.24) is 4.90 Å². The topological polar surface area (TPSA) is 3.24 Å². The van der Waals surface area contributed by atoms with Crippen LogP contribution < -0.4 is 0 Å². The smallest absolute Gasteiger partial charge is 0.0212 e. The van der Waals surface area contributed by atoms with Crippen molar-refractivity contribution < 1.29 is 0 Å². The molecule has 1 saturated heterocycles. The van der Waals surface area contributed by atoms with Gasteiger partial charge in [-0.05, 0) is 19.8 Å². The van der Waals surface area contributed by atoms with Crippen molar-refractivity contribution in [1.29, 1.82) is 0 Å². The number of rotatable bonds is 7. The molecule has 1 aliphatic heterocycles. The third-order valence-corrected chi connectivity index (χ3v) is 5.42. The highest BCUT2D eigenvalue weighted by atomic mass is 32.2. The lowest BCUT2D eigenvalue weighted by Gasteiger charge is -2.43. The Kier molecular flexibility index (Phi) is 7.61. The molecule has 0 aliphatic carbocycles. The lowest BCUT2D eigenvalue weighted by atomic mass is 10.0. The molecule has 0 saturated carbocycles. The van der Waals surface area contributed by atoms with Crippen LogP contribution >= 0.6 is 11.8 Å². The first-order chi connectivity index (χ1) is 8.20. The lowest BCUT2D eigenvalue weighted by Crippen LogP contribution is -2.50. The van der Waals surface area contributed by atoms with Crippen LogP contribution in [0, 0.1) is 0 Å². The minimum absolute atomic E-state index is 0.792. The highest BCUT2D eigenvalue weighted by Crippen LogP contribution is 2.29. The quantitative estimate of drug-likeness (QED) is 0.615. The fraction of sp³-hybridized carbons (Fsp3) is 1.00. The van der Waals surface area contributed by atoms with E-state index in [1.807, 2.05) is 0 Å². The normalized spacial score (nSPS) is 28.2. The van der Waals surface area contributed by atoms with Gasteiger partial charge in [0, 0.05) is 29.6 Å². The van der Waals surface area contributed by atoms with Crippen molar-refractivity contribution in [2.24, 2.45) is 0 Å². The van der Waals surface area contributed by atoms with Crippen LogP contribution in [0.4, 0.5) is 0 Å². The number of unbranched alkanes of at least 4 members (excludes halogenated alkanes) is 3. The fourth-order valence-corrected chi connectivity index (χ4v) is 4.30. The summed E-state index contributed by atoms with van der Waals surface area (Å²) in [5.74, 6) is 1.33. The largest absolute Gasteiger partial charge is 0.296 e. The Morgan fingerprint density at radius 2 is 2.00 bits per heavy atom. The third-order valence-electron chi connectivity index (χ3n) is 4.16. The molecule has 3 unspecified atom stereocenters.